The summed E-state index contributed by atoms with van der Waals surface area (Å²) in [6, 6.07) is 13.5. The Hall–Kier alpha value is -2.68. The van der Waals surface area contributed by atoms with Gasteiger partial charge >= 0.3 is 5.97 Å². The molecule has 1 aliphatic rings. The predicted molar refractivity (Wildman–Crippen MR) is 110 cm³/mol. The van der Waals surface area contributed by atoms with Crippen LogP contribution in [0.5, 0.6) is 0 Å². The molecule has 7 nitrogen and oxygen atoms in total. The van der Waals surface area contributed by atoms with Gasteiger partial charge in [-0.25, -0.2) is 8.42 Å². The highest BCUT2D eigenvalue weighted by Gasteiger charge is 2.35. The Morgan fingerprint density at radius 1 is 1.03 bits per heavy atom. The lowest BCUT2D eigenvalue weighted by atomic mass is 10.0. The minimum absolute atomic E-state index is 0.252. The van der Waals surface area contributed by atoms with E-state index in [1.807, 2.05) is 36.1 Å². The van der Waals surface area contributed by atoms with Crippen LogP contribution in [-0.4, -0.2) is 59.9 Å². The fourth-order valence-corrected chi connectivity index (χ4v) is 5.29. The molecular weight excluding hydrogens is 390 g/mol. The van der Waals surface area contributed by atoms with Gasteiger partial charge in [-0.05, 0) is 25.1 Å². The Kier molecular flexibility index (Phi) is 5.16. The molecule has 0 amide bonds. The summed E-state index contributed by atoms with van der Waals surface area (Å²) < 4.78 is 27.2. The molecule has 1 aliphatic heterocycles. The van der Waals surface area contributed by atoms with Crippen molar-refractivity contribution in [1.82, 2.24) is 14.2 Å². The smallest absolute Gasteiger partial charge is 0.325 e. The monoisotopic (exact) mass is 413 g/mol. The number of carboxylic acids is 1. The molecule has 4 rings (SSSR count). The SMILES string of the molecule is Cc1ccc(S(=O)(=O)N2CCN([C@@H](C(=O)O)c3c[nH]c4ccccc34)CC2)cc1. The van der Waals surface area contributed by atoms with Crippen LogP contribution in [0.1, 0.15) is 17.2 Å². The number of aromatic amines is 1. The van der Waals surface area contributed by atoms with Crippen molar-refractivity contribution in [3.05, 3.63) is 65.9 Å². The van der Waals surface area contributed by atoms with Crippen LogP contribution in [-0.2, 0) is 14.8 Å². The van der Waals surface area contributed by atoms with Crippen LogP contribution in [0.3, 0.4) is 0 Å². The first-order valence-corrected chi connectivity index (χ1v) is 10.9. The van der Waals surface area contributed by atoms with Crippen LogP contribution < -0.4 is 0 Å². The van der Waals surface area contributed by atoms with Crippen molar-refractivity contribution in [2.45, 2.75) is 17.9 Å². The summed E-state index contributed by atoms with van der Waals surface area (Å²) in [5, 5.41) is 10.8. The number of aromatic nitrogens is 1. The molecule has 2 heterocycles. The lowest BCUT2D eigenvalue weighted by Gasteiger charge is -2.37. The molecule has 8 heteroatoms. The fourth-order valence-electron chi connectivity index (χ4n) is 3.87. The number of H-pyrrole nitrogens is 1. The Morgan fingerprint density at radius 3 is 2.34 bits per heavy atom. The zero-order valence-electron chi connectivity index (χ0n) is 16.1. The number of fused-ring (bicyclic) bond motifs is 1. The van der Waals surface area contributed by atoms with E-state index in [0.29, 0.717) is 18.7 Å². The van der Waals surface area contributed by atoms with Crippen molar-refractivity contribution in [2.75, 3.05) is 26.2 Å². The summed E-state index contributed by atoms with van der Waals surface area (Å²) in [7, 11) is -3.58. The molecule has 152 valence electrons. The number of sulfonamides is 1. The number of hydrogen-bond donors (Lipinski definition) is 2. The molecular formula is C21H23N3O4S. The van der Waals surface area contributed by atoms with Gasteiger partial charge in [-0.1, -0.05) is 35.9 Å². The summed E-state index contributed by atoms with van der Waals surface area (Å²) in [5.74, 6) is -0.940. The highest BCUT2D eigenvalue weighted by atomic mass is 32.2. The Labute approximate surface area is 169 Å². The van der Waals surface area contributed by atoms with Crippen LogP contribution in [0.4, 0.5) is 0 Å². The third kappa shape index (κ3) is 3.66. The van der Waals surface area contributed by atoms with E-state index < -0.39 is 22.0 Å². The standard InChI is InChI=1S/C21H23N3O4S/c1-15-6-8-16(9-7-15)29(27,28)24-12-10-23(11-13-24)20(21(25)26)18-14-22-19-5-3-2-4-17(18)19/h2-9,14,20,22H,10-13H2,1H3,(H,25,26)/t20-/m1/s1. The highest BCUT2D eigenvalue weighted by molar-refractivity contribution is 7.89. The zero-order valence-corrected chi connectivity index (χ0v) is 16.9. The van der Waals surface area contributed by atoms with E-state index >= 15 is 0 Å². The van der Waals surface area contributed by atoms with Crippen molar-refractivity contribution in [1.29, 1.82) is 0 Å². The number of para-hydroxylation sites is 1. The van der Waals surface area contributed by atoms with Gasteiger partial charge in [0.1, 0.15) is 6.04 Å². The average molecular weight is 413 g/mol. The summed E-state index contributed by atoms with van der Waals surface area (Å²) in [4.78, 5) is 17.3. The molecule has 0 spiro atoms. The lowest BCUT2D eigenvalue weighted by molar-refractivity contribution is -0.144. The number of aryl methyl sites for hydroxylation is 1. The third-order valence-corrected chi connectivity index (χ3v) is 7.36. The summed E-state index contributed by atoms with van der Waals surface area (Å²) in [6.07, 6.45) is 1.73. The molecule has 0 saturated carbocycles. The number of aliphatic carboxylic acids is 1. The summed E-state index contributed by atoms with van der Waals surface area (Å²) in [5.41, 5.74) is 2.58. The molecule has 0 unspecified atom stereocenters. The molecule has 0 radical (unpaired) electrons. The van der Waals surface area contributed by atoms with Gasteiger partial charge in [0, 0.05) is 48.8 Å². The fraction of sp³-hybridized carbons (Fsp3) is 0.286. The maximum Gasteiger partial charge on any atom is 0.325 e. The number of rotatable bonds is 5. The topological polar surface area (TPSA) is 93.7 Å². The van der Waals surface area contributed by atoms with Crippen molar-refractivity contribution in [3.63, 3.8) is 0 Å². The van der Waals surface area contributed by atoms with Gasteiger partial charge < -0.3 is 10.1 Å². The van der Waals surface area contributed by atoms with E-state index in [-0.39, 0.29) is 18.0 Å². The second-order valence-corrected chi connectivity index (χ2v) is 9.22. The number of nitrogens with zero attached hydrogens (tertiary/aromatic N) is 2. The van der Waals surface area contributed by atoms with E-state index in [1.165, 1.54) is 4.31 Å². The Balaban J connectivity index is 1.54. The van der Waals surface area contributed by atoms with E-state index in [9.17, 15) is 18.3 Å². The van der Waals surface area contributed by atoms with E-state index in [2.05, 4.69) is 4.98 Å². The first-order chi connectivity index (χ1) is 13.9. The average Bonchev–Trinajstić information content (AvgIpc) is 3.12. The second kappa shape index (κ2) is 7.62. The van der Waals surface area contributed by atoms with Crippen LogP contribution in [0, 0.1) is 6.92 Å². The molecule has 2 aromatic carbocycles. The molecule has 0 bridgehead atoms. The first kappa shape index (κ1) is 19.6. The molecule has 1 aromatic heterocycles. The maximum atomic E-state index is 12.9. The Bertz CT molecular complexity index is 1130. The zero-order chi connectivity index (χ0) is 20.6. The van der Waals surface area contributed by atoms with E-state index in [4.69, 9.17) is 0 Å². The van der Waals surface area contributed by atoms with Crippen molar-refractivity contribution >= 4 is 26.9 Å². The van der Waals surface area contributed by atoms with E-state index in [0.717, 1.165) is 16.5 Å². The molecule has 29 heavy (non-hydrogen) atoms. The molecule has 1 saturated heterocycles. The number of nitrogens with one attached hydrogen (secondary N) is 1. The van der Waals surface area contributed by atoms with E-state index in [1.54, 1.807) is 30.5 Å². The van der Waals surface area contributed by atoms with Gasteiger partial charge in [0.25, 0.3) is 0 Å². The largest absolute Gasteiger partial charge is 0.480 e. The van der Waals surface area contributed by atoms with Gasteiger partial charge in [-0.15, -0.1) is 0 Å². The number of piperazine rings is 1. The third-order valence-electron chi connectivity index (χ3n) is 5.45. The molecule has 1 atom stereocenters. The number of benzene rings is 2. The van der Waals surface area contributed by atoms with Crippen LogP contribution >= 0.6 is 0 Å². The summed E-state index contributed by atoms with van der Waals surface area (Å²) in [6.45, 7) is 3.11. The number of carboxylic acid groups (broad SMARTS) is 1. The van der Waals surface area contributed by atoms with Crippen molar-refractivity contribution < 1.29 is 18.3 Å². The van der Waals surface area contributed by atoms with Crippen LogP contribution in [0.2, 0.25) is 0 Å². The number of carbonyl (C=O) groups is 1. The maximum absolute atomic E-state index is 12.9. The van der Waals surface area contributed by atoms with Gasteiger partial charge in [0.05, 0.1) is 4.90 Å². The molecule has 1 fully saturated rings. The predicted octanol–water partition coefficient (Wildman–Crippen LogP) is 2.61. The normalized spacial score (nSPS) is 17.4. The second-order valence-electron chi connectivity index (χ2n) is 7.28. The van der Waals surface area contributed by atoms with Crippen LogP contribution in [0.25, 0.3) is 10.9 Å². The Morgan fingerprint density at radius 2 is 1.69 bits per heavy atom. The van der Waals surface area contributed by atoms with Crippen molar-refractivity contribution in [2.24, 2.45) is 0 Å². The molecule has 0 aliphatic carbocycles. The molecule has 2 N–H and O–H groups in total. The van der Waals surface area contributed by atoms with Gasteiger partial charge in [0.15, 0.2) is 0 Å². The van der Waals surface area contributed by atoms with Crippen LogP contribution in [0.15, 0.2) is 59.6 Å². The van der Waals surface area contributed by atoms with Crippen molar-refractivity contribution in [3.8, 4) is 0 Å². The number of hydrogen-bond acceptors (Lipinski definition) is 4. The summed E-state index contributed by atoms with van der Waals surface area (Å²) >= 11 is 0. The molecule has 3 aromatic rings. The quantitative estimate of drug-likeness (QED) is 0.671. The first-order valence-electron chi connectivity index (χ1n) is 9.47. The highest BCUT2D eigenvalue weighted by Crippen LogP contribution is 2.30. The minimum atomic E-state index is -3.58. The lowest BCUT2D eigenvalue weighted by Crippen LogP contribution is -2.50. The minimum Gasteiger partial charge on any atom is -0.480 e. The van der Waals surface area contributed by atoms with Gasteiger partial charge in [0.2, 0.25) is 10.0 Å². The van der Waals surface area contributed by atoms with Gasteiger partial charge in [-0.3, -0.25) is 9.69 Å². The van der Waals surface area contributed by atoms with Gasteiger partial charge in [-0.2, -0.15) is 4.31 Å².